The minimum absolute atomic E-state index is 0.532. The second kappa shape index (κ2) is 7.09. The number of para-hydroxylation sites is 1. The van der Waals surface area contributed by atoms with Crippen molar-refractivity contribution < 1.29 is 4.74 Å². The molecular formula is C17H28N2O. The second-order valence-electron chi connectivity index (χ2n) is 6.21. The number of benzene rings is 1. The molecule has 20 heavy (non-hydrogen) atoms. The first-order valence-corrected chi connectivity index (χ1v) is 7.76. The van der Waals surface area contributed by atoms with Crippen LogP contribution in [0.3, 0.4) is 0 Å². The Morgan fingerprint density at radius 2 is 2.00 bits per heavy atom. The maximum absolute atomic E-state index is 5.93. The summed E-state index contributed by atoms with van der Waals surface area (Å²) in [6.07, 6.45) is 1.34. The first-order valence-electron chi connectivity index (χ1n) is 7.76. The molecule has 3 unspecified atom stereocenters. The number of hydrogen-bond donors (Lipinski definition) is 1. The normalized spacial score (nSPS) is 27.5. The van der Waals surface area contributed by atoms with Crippen molar-refractivity contribution in [2.45, 2.75) is 39.8 Å². The van der Waals surface area contributed by atoms with Gasteiger partial charge in [0.1, 0.15) is 12.4 Å². The van der Waals surface area contributed by atoms with E-state index < -0.39 is 0 Å². The molecule has 2 rings (SSSR count). The standard InChI is InChI=1S/C17H28N2O/c1-13-10-14(2)15(3)19(12-13)8-9-20-17-7-5-4-6-16(17)11-18/h4-7,13-15H,8-12,18H2,1-3H3. The third kappa shape index (κ3) is 3.74. The van der Waals surface area contributed by atoms with Gasteiger partial charge in [-0.15, -0.1) is 0 Å². The highest BCUT2D eigenvalue weighted by molar-refractivity contribution is 5.32. The van der Waals surface area contributed by atoms with Gasteiger partial charge in [0.15, 0.2) is 0 Å². The van der Waals surface area contributed by atoms with Gasteiger partial charge in [0.25, 0.3) is 0 Å². The molecule has 1 fully saturated rings. The minimum atomic E-state index is 0.532. The molecule has 1 heterocycles. The lowest BCUT2D eigenvalue weighted by Gasteiger charge is -2.41. The van der Waals surface area contributed by atoms with E-state index in [-0.39, 0.29) is 0 Å². The van der Waals surface area contributed by atoms with E-state index in [1.807, 2.05) is 24.3 Å². The van der Waals surface area contributed by atoms with Crippen molar-refractivity contribution in [1.29, 1.82) is 0 Å². The van der Waals surface area contributed by atoms with E-state index >= 15 is 0 Å². The molecule has 0 spiro atoms. The Balaban J connectivity index is 1.86. The molecule has 0 aliphatic carbocycles. The topological polar surface area (TPSA) is 38.5 Å². The van der Waals surface area contributed by atoms with Gasteiger partial charge in [-0.1, -0.05) is 32.0 Å². The van der Waals surface area contributed by atoms with Crippen LogP contribution in [0.25, 0.3) is 0 Å². The van der Waals surface area contributed by atoms with Crippen LogP contribution in [-0.4, -0.2) is 30.6 Å². The van der Waals surface area contributed by atoms with Crippen LogP contribution in [0, 0.1) is 11.8 Å². The summed E-state index contributed by atoms with van der Waals surface area (Å²) in [4.78, 5) is 2.56. The van der Waals surface area contributed by atoms with Crippen LogP contribution in [-0.2, 0) is 6.54 Å². The van der Waals surface area contributed by atoms with Crippen LogP contribution in [0.4, 0.5) is 0 Å². The molecule has 1 saturated heterocycles. The quantitative estimate of drug-likeness (QED) is 0.898. The zero-order valence-electron chi connectivity index (χ0n) is 13.0. The highest BCUT2D eigenvalue weighted by atomic mass is 16.5. The number of nitrogens with two attached hydrogens (primary N) is 1. The SMILES string of the molecule is CC1CC(C)C(C)N(CCOc2ccccc2CN)C1. The summed E-state index contributed by atoms with van der Waals surface area (Å²) in [6.45, 7) is 10.5. The van der Waals surface area contributed by atoms with E-state index in [9.17, 15) is 0 Å². The lowest BCUT2D eigenvalue weighted by Crippen LogP contribution is -2.47. The lowest BCUT2D eigenvalue weighted by molar-refractivity contribution is 0.0664. The maximum Gasteiger partial charge on any atom is 0.123 e. The average molecular weight is 276 g/mol. The Morgan fingerprint density at radius 1 is 1.25 bits per heavy atom. The summed E-state index contributed by atoms with van der Waals surface area (Å²) < 4.78 is 5.93. The lowest BCUT2D eigenvalue weighted by atomic mass is 9.86. The number of likely N-dealkylation sites (tertiary alicyclic amines) is 1. The molecule has 3 nitrogen and oxygen atoms in total. The Morgan fingerprint density at radius 3 is 2.75 bits per heavy atom. The van der Waals surface area contributed by atoms with Gasteiger partial charge >= 0.3 is 0 Å². The van der Waals surface area contributed by atoms with Crippen LogP contribution >= 0.6 is 0 Å². The van der Waals surface area contributed by atoms with Crippen LogP contribution in [0.1, 0.15) is 32.8 Å². The van der Waals surface area contributed by atoms with Gasteiger partial charge < -0.3 is 10.5 Å². The molecule has 0 saturated carbocycles. The number of piperidine rings is 1. The van der Waals surface area contributed by atoms with Crippen LogP contribution < -0.4 is 10.5 Å². The molecule has 0 amide bonds. The molecule has 1 aliphatic rings. The molecule has 0 aromatic heterocycles. The first kappa shape index (κ1) is 15.3. The van der Waals surface area contributed by atoms with Crippen LogP contribution in [0.2, 0.25) is 0 Å². The summed E-state index contributed by atoms with van der Waals surface area (Å²) in [5, 5.41) is 0. The van der Waals surface area contributed by atoms with Crippen molar-refractivity contribution in [3.05, 3.63) is 29.8 Å². The minimum Gasteiger partial charge on any atom is -0.492 e. The zero-order chi connectivity index (χ0) is 14.5. The molecule has 0 bridgehead atoms. The van der Waals surface area contributed by atoms with Crippen molar-refractivity contribution in [1.82, 2.24) is 4.90 Å². The van der Waals surface area contributed by atoms with Gasteiger partial charge in [-0.05, 0) is 31.2 Å². The fourth-order valence-corrected chi connectivity index (χ4v) is 3.21. The summed E-state index contributed by atoms with van der Waals surface area (Å²) in [5.41, 5.74) is 6.82. The van der Waals surface area contributed by atoms with Gasteiger partial charge in [0.2, 0.25) is 0 Å². The van der Waals surface area contributed by atoms with Gasteiger partial charge in [0, 0.05) is 31.2 Å². The van der Waals surface area contributed by atoms with E-state index in [4.69, 9.17) is 10.5 Å². The molecule has 1 aliphatic heterocycles. The van der Waals surface area contributed by atoms with Gasteiger partial charge in [-0.2, -0.15) is 0 Å². The average Bonchev–Trinajstić information content (AvgIpc) is 2.44. The fraction of sp³-hybridized carbons (Fsp3) is 0.647. The van der Waals surface area contributed by atoms with E-state index in [0.717, 1.165) is 36.3 Å². The Hall–Kier alpha value is -1.06. The third-order valence-corrected chi connectivity index (χ3v) is 4.55. The molecule has 2 N–H and O–H groups in total. The van der Waals surface area contributed by atoms with E-state index in [2.05, 4.69) is 25.7 Å². The molecule has 3 heteroatoms. The van der Waals surface area contributed by atoms with E-state index in [0.29, 0.717) is 12.6 Å². The summed E-state index contributed by atoms with van der Waals surface area (Å²) in [7, 11) is 0. The Bertz CT molecular complexity index is 421. The number of hydrogen-bond acceptors (Lipinski definition) is 3. The van der Waals surface area contributed by atoms with Crippen LogP contribution in [0.5, 0.6) is 5.75 Å². The largest absolute Gasteiger partial charge is 0.492 e. The molecule has 1 aromatic carbocycles. The molecule has 112 valence electrons. The van der Waals surface area contributed by atoms with Crippen molar-refractivity contribution in [3.8, 4) is 5.75 Å². The fourth-order valence-electron chi connectivity index (χ4n) is 3.21. The van der Waals surface area contributed by atoms with Gasteiger partial charge in [-0.25, -0.2) is 0 Å². The number of nitrogens with zero attached hydrogens (tertiary/aromatic N) is 1. The van der Waals surface area contributed by atoms with Crippen molar-refractivity contribution in [2.75, 3.05) is 19.7 Å². The van der Waals surface area contributed by atoms with Crippen LogP contribution in [0.15, 0.2) is 24.3 Å². The number of rotatable bonds is 5. The molecular weight excluding hydrogens is 248 g/mol. The second-order valence-corrected chi connectivity index (χ2v) is 6.21. The smallest absolute Gasteiger partial charge is 0.123 e. The van der Waals surface area contributed by atoms with E-state index in [1.54, 1.807) is 0 Å². The predicted octanol–water partition coefficient (Wildman–Crippen LogP) is 2.89. The van der Waals surface area contributed by atoms with E-state index in [1.165, 1.54) is 13.0 Å². The highest BCUT2D eigenvalue weighted by Gasteiger charge is 2.28. The molecule has 1 aromatic rings. The van der Waals surface area contributed by atoms with Crippen molar-refractivity contribution >= 4 is 0 Å². The highest BCUT2D eigenvalue weighted by Crippen LogP contribution is 2.26. The third-order valence-electron chi connectivity index (χ3n) is 4.55. The molecule has 3 atom stereocenters. The summed E-state index contributed by atoms with van der Waals surface area (Å²) in [6, 6.07) is 8.70. The molecule has 0 radical (unpaired) electrons. The zero-order valence-corrected chi connectivity index (χ0v) is 13.0. The maximum atomic E-state index is 5.93. The summed E-state index contributed by atoms with van der Waals surface area (Å²) >= 11 is 0. The monoisotopic (exact) mass is 276 g/mol. The first-order chi connectivity index (χ1) is 9.61. The van der Waals surface area contributed by atoms with Crippen molar-refractivity contribution in [2.24, 2.45) is 17.6 Å². The van der Waals surface area contributed by atoms with Crippen molar-refractivity contribution in [3.63, 3.8) is 0 Å². The van der Waals surface area contributed by atoms with Gasteiger partial charge in [-0.3, -0.25) is 4.90 Å². The Kier molecular flexibility index (Phi) is 5.44. The van der Waals surface area contributed by atoms with Gasteiger partial charge in [0.05, 0.1) is 0 Å². The summed E-state index contributed by atoms with van der Waals surface area (Å²) in [5.74, 6) is 2.49. The number of ether oxygens (including phenoxy) is 1. The predicted molar refractivity (Wildman–Crippen MR) is 83.8 cm³/mol. The Labute approximate surface area is 123 Å².